The number of anilines is 1. The first kappa shape index (κ1) is 16.3. The van der Waals surface area contributed by atoms with Crippen LogP contribution in [-0.4, -0.2) is 17.9 Å². The number of hydrogen-bond donors (Lipinski definition) is 2. The third kappa shape index (κ3) is 2.73. The lowest BCUT2D eigenvalue weighted by Gasteiger charge is -2.40. The maximum absolute atomic E-state index is 12.6. The molecular formula is C14H20Cl2N2O. The van der Waals surface area contributed by atoms with Gasteiger partial charge in [0, 0.05) is 11.3 Å². The third-order valence-electron chi connectivity index (χ3n) is 4.13. The van der Waals surface area contributed by atoms with E-state index in [0.29, 0.717) is 5.69 Å². The molecule has 2 aliphatic rings. The van der Waals surface area contributed by atoms with Crippen molar-refractivity contribution >= 4 is 36.3 Å². The van der Waals surface area contributed by atoms with Crippen molar-refractivity contribution in [2.24, 2.45) is 0 Å². The molecule has 3 rings (SSSR count). The van der Waals surface area contributed by atoms with Gasteiger partial charge in [-0.15, -0.1) is 24.8 Å². The number of carbonyl (C=O) groups is 1. The van der Waals surface area contributed by atoms with E-state index >= 15 is 0 Å². The molecule has 1 spiro atoms. The summed E-state index contributed by atoms with van der Waals surface area (Å²) in [6.07, 6.45) is 5.21. The summed E-state index contributed by atoms with van der Waals surface area (Å²) in [5.41, 5.74) is 8.18. The van der Waals surface area contributed by atoms with E-state index in [1.54, 1.807) is 0 Å². The van der Waals surface area contributed by atoms with E-state index in [0.717, 1.165) is 43.4 Å². The van der Waals surface area contributed by atoms with E-state index in [1.807, 2.05) is 18.2 Å². The van der Waals surface area contributed by atoms with Crippen LogP contribution in [0.2, 0.25) is 0 Å². The van der Waals surface area contributed by atoms with E-state index in [-0.39, 0.29) is 36.1 Å². The Morgan fingerprint density at radius 3 is 2.63 bits per heavy atom. The highest BCUT2D eigenvalue weighted by Crippen LogP contribution is 2.34. The summed E-state index contributed by atoms with van der Waals surface area (Å²) >= 11 is 0. The first-order chi connectivity index (χ1) is 8.21. The summed E-state index contributed by atoms with van der Waals surface area (Å²) in [6, 6.07) is 5.73. The summed E-state index contributed by atoms with van der Waals surface area (Å²) < 4.78 is 0. The topological polar surface area (TPSA) is 55.1 Å². The number of nitrogens with one attached hydrogen (secondary N) is 1. The fourth-order valence-electron chi connectivity index (χ4n) is 3.12. The molecule has 5 heteroatoms. The monoisotopic (exact) mass is 302 g/mol. The molecule has 1 fully saturated rings. The van der Waals surface area contributed by atoms with Gasteiger partial charge in [-0.3, -0.25) is 4.79 Å². The van der Waals surface area contributed by atoms with Crippen LogP contribution >= 0.6 is 24.8 Å². The molecule has 0 bridgehead atoms. The number of halogens is 2. The van der Waals surface area contributed by atoms with Crippen LogP contribution in [0.15, 0.2) is 18.2 Å². The molecule has 106 valence electrons. The third-order valence-corrected chi connectivity index (χ3v) is 4.13. The summed E-state index contributed by atoms with van der Waals surface area (Å²) in [5, 5.41) is 3.45. The van der Waals surface area contributed by atoms with Gasteiger partial charge < -0.3 is 11.1 Å². The molecule has 19 heavy (non-hydrogen) atoms. The van der Waals surface area contributed by atoms with Crippen molar-refractivity contribution in [2.75, 3.05) is 12.3 Å². The largest absolute Gasteiger partial charge is 0.399 e. The number of fused-ring (bicyclic) bond motifs is 1. The smallest absolute Gasteiger partial charge is 0.183 e. The van der Waals surface area contributed by atoms with Gasteiger partial charge in [0.2, 0.25) is 0 Å². The second-order valence-corrected chi connectivity index (χ2v) is 5.21. The van der Waals surface area contributed by atoms with Gasteiger partial charge >= 0.3 is 0 Å². The Bertz CT molecular complexity index is 471. The van der Waals surface area contributed by atoms with Crippen LogP contribution in [0.25, 0.3) is 0 Å². The standard InChI is InChI=1S/C14H18N2O.2ClH/c15-11-4-3-10-5-7-14(6-1-2-8-16-14)13(17)12(10)9-11;;/h3-4,9,16H,1-2,5-8,15H2;2*1H. The molecule has 0 aromatic heterocycles. The van der Waals surface area contributed by atoms with E-state index in [9.17, 15) is 4.79 Å². The van der Waals surface area contributed by atoms with Gasteiger partial charge in [0.05, 0.1) is 5.54 Å². The quantitative estimate of drug-likeness (QED) is 0.725. The Labute approximate surface area is 126 Å². The van der Waals surface area contributed by atoms with E-state index in [4.69, 9.17) is 5.73 Å². The fourth-order valence-corrected chi connectivity index (χ4v) is 3.12. The Kier molecular flexibility index (Phi) is 5.25. The molecule has 1 saturated heterocycles. The number of aryl methyl sites for hydroxylation is 1. The van der Waals surface area contributed by atoms with E-state index in [2.05, 4.69) is 5.32 Å². The minimum absolute atomic E-state index is 0. The highest BCUT2D eigenvalue weighted by Gasteiger charge is 2.42. The second kappa shape index (κ2) is 6.12. The number of benzene rings is 1. The lowest BCUT2D eigenvalue weighted by molar-refractivity contribution is 0.0782. The molecule has 1 aliphatic carbocycles. The Morgan fingerprint density at radius 1 is 1.16 bits per heavy atom. The van der Waals surface area contributed by atoms with E-state index < -0.39 is 0 Å². The van der Waals surface area contributed by atoms with E-state index in [1.165, 1.54) is 6.42 Å². The molecule has 3 nitrogen and oxygen atoms in total. The molecule has 0 radical (unpaired) electrons. The number of rotatable bonds is 0. The average molecular weight is 303 g/mol. The maximum atomic E-state index is 12.6. The van der Waals surface area contributed by atoms with Gasteiger partial charge in [0.15, 0.2) is 5.78 Å². The molecule has 1 aliphatic heterocycles. The zero-order chi connectivity index (χ0) is 11.9. The van der Waals surface area contributed by atoms with Crippen LogP contribution < -0.4 is 11.1 Å². The number of hydrogen-bond acceptors (Lipinski definition) is 3. The predicted octanol–water partition coefficient (Wildman–Crippen LogP) is 2.75. The van der Waals surface area contributed by atoms with Crippen molar-refractivity contribution in [3.05, 3.63) is 29.3 Å². The highest BCUT2D eigenvalue weighted by atomic mass is 35.5. The first-order valence-electron chi connectivity index (χ1n) is 6.40. The van der Waals surface area contributed by atoms with Crippen LogP contribution in [0, 0.1) is 0 Å². The Morgan fingerprint density at radius 2 is 1.95 bits per heavy atom. The summed E-state index contributed by atoms with van der Waals surface area (Å²) in [6.45, 7) is 0.962. The van der Waals surface area contributed by atoms with Crippen molar-refractivity contribution in [1.29, 1.82) is 0 Å². The highest BCUT2D eigenvalue weighted by molar-refractivity contribution is 6.06. The number of piperidine rings is 1. The molecule has 1 aromatic carbocycles. The lowest BCUT2D eigenvalue weighted by Crippen LogP contribution is -2.56. The molecule has 0 saturated carbocycles. The Balaban J connectivity index is 0.000000902. The van der Waals surface area contributed by atoms with Gasteiger partial charge in [0.25, 0.3) is 0 Å². The van der Waals surface area contributed by atoms with Crippen LogP contribution in [0.3, 0.4) is 0 Å². The molecule has 1 aromatic rings. The van der Waals surface area contributed by atoms with Crippen molar-refractivity contribution in [2.45, 2.75) is 37.6 Å². The van der Waals surface area contributed by atoms with Crippen LogP contribution in [0.1, 0.15) is 41.6 Å². The number of nitrogens with two attached hydrogens (primary N) is 1. The van der Waals surface area contributed by atoms with Crippen molar-refractivity contribution in [1.82, 2.24) is 5.32 Å². The Hall–Kier alpha value is -0.770. The normalized spacial score (nSPS) is 25.2. The molecular weight excluding hydrogens is 283 g/mol. The van der Waals surface area contributed by atoms with Gasteiger partial charge in [-0.1, -0.05) is 6.07 Å². The van der Waals surface area contributed by atoms with Crippen LogP contribution in [0.4, 0.5) is 5.69 Å². The van der Waals surface area contributed by atoms with Crippen LogP contribution in [0.5, 0.6) is 0 Å². The molecule has 1 atom stereocenters. The molecule has 0 amide bonds. The number of nitrogen functional groups attached to an aromatic ring is 1. The van der Waals surface area contributed by atoms with Gasteiger partial charge in [-0.05, 0) is 56.3 Å². The zero-order valence-corrected chi connectivity index (χ0v) is 12.4. The summed E-state index contributed by atoms with van der Waals surface area (Å²) in [7, 11) is 0. The lowest BCUT2D eigenvalue weighted by atomic mass is 9.72. The summed E-state index contributed by atoms with van der Waals surface area (Å²) in [4.78, 5) is 12.6. The minimum Gasteiger partial charge on any atom is -0.399 e. The number of Topliss-reactive ketones (excluding diaryl/α,β-unsaturated/α-hetero) is 1. The zero-order valence-electron chi connectivity index (χ0n) is 10.8. The molecule has 3 N–H and O–H groups in total. The van der Waals surface area contributed by atoms with Gasteiger partial charge in [-0.2, -0.15) is 0 Å². The molecule has 1 unspecified atom stereocenters. The number of ketones is 1. The van der Waals surface area contributed by atoms with Gasteiger partial charge in [0.1, 0.15) is 0 Å². The minimum atomic E-state index is -0.293. The van der Waals surface area contributed by atoms with Crippen LogP contribution in [-0.2, 0) is 6.42 Å². The molecule has 1 heterocycles. The predicted molar refractivity (Wildman–Crippen MR) is 82.6 cm³/mol. The number of carbonyl (C=O) groups excluding carboxylic acids is 1. The second-order valence-electron chi connectivity index (χ2n) is 5.21. The average Bonchev–Trinajstić information content (AvgIpc) is 2.36. The maximum Gasteiger partial charge on any atom is 0.183 e. The first-order valence-corrected chi connectivity index (χ1v) is 6.40. The SMILES string of the molecule is Cl.Cl.Nc1ccc2c(c1)C(=O)C1(CCCCN1)CC2. The van der Waals surface area contributed by atoms with Crippen molar-refractivity contribution in [3.8, 4) is 0 Å². The van der Waals surface area contributed by atoms with Crippen molar-refractivity contribution in [3.63, 3.8) is 0 Å². The van der Waals surface area contributed by atoms with Gasteiger partial charge in [-0.25, -0.2) is 0 Å². The van der Waals surface area contributed by atoms with Crippen molar-refractivity contribution < 1.29 is 4.79 Å². The summed E-state index contributed by atoms with van der Waals surface area (Å²) in [5.74, 6) is 0.255. The fraction of sp³-hybridized carbons (Fsp3) is 0.500.